The minimum Gasteiger partial charge on any atom is -0.492 e. The monoisotopic (exact) mass is 356 g/mol. The van der Waals surface area contributed by atoms with Crippen molar-refractivity contribution in [3.05, 3.63) is 65.9 Å². The Bertz CT molecular complexity index is 918. The van der Waals surface area contributed by atoms with Gasteiger partial charge in [-0.3, -0.25) is 0 Å². The number of anilines is 4. The van der Waals surface area contributed by atoms with Gasteiger partial charge in [-0.05, 0) is 38.1 Å². The third-order valence-electron chi connectivity index (χ3n) is 3.48. The standard InChI is InChI=1S/C19H18F2N4O/c1-3-26-17-7-5-4-6-16(17)23-18-10-12(2)22-19(25-18)24-15-9-8-13(20)11-14(15)21/h4-11H,3H2,1-2H3,(H2,22,23,24,25). The molecule has 0 saturated carbocycles. The molecule has 1 heterocycles. The van der Waals surface area contributed by atoms with Crippen molar-refractivity contribution in [3.63, 3.8) is 0 Å². The van der Waals surface area contributed by atoms with Crippen molar-refractivity contribution in [1.29, 1.82) is 0 Å². The number of halogens is 2. The Morgan fingerprint density at radius 2 is 1.77 bits per heavy atom. The van der Waals surface area contributed by atoms with Crippen molar-refractivity contribution in [3.8, 4) is 5.75 Å². The maximum atomic E-state index is 13.8. The van der Waals surface area contributed by atoms with E-state index < -0.39 is 11.6 Å². The lowest BCUT2D eigenvalue weighted by atomic mass is 10.3. The van der Waals surface area contributed by atoms with Gasteiger partial charge in [0.2, 0.25) is 5.95 Å². The van der Waals surface area contributed by atoms with E-state index in [4.69, 9.17) is 4.74 Å². The average Bonchev–Trinajstić information content (AvgIpc) is 2.59. The summed E-state index contributed by atoms with van der Waals surface area (Å²) in [4.78, 5) is 8.58. The number of nitrogens with one attached hydrogen (secondary N) is 2. The summed E-state index contributed by atoms with van der Waals surface area (Å²) in [5.74, 6) is 0.0614. The van der Waals surface area contributed by atoms with Crippen molar-refractivity contribution < 1.29 is 13.5 Å². The molecule has 0 atom stereocenters. The predicted molar refractivity (Wildman–Crippen MR) is 97.3 cm³/mol. The molecule has 134 valence electrons. The first-order chi connectivity index (χ1) is 12.5. The largest absolute Gasteiger partial charge is 0.492 e. The Labute approximate surface area is 150 Å². The fourth-order valence-electron chi connectivity index (χ4n) is 2.39. The van der Waals surface area contributed by atoms with E-state index in [1.54, 1.807) is 13.0 Å². The number of ether oxygens (including phenoxy) is 1. The quantitative estimate of drug-likeness (QED) is 0.654. The van der Waals surface area contributed by atoms with Gasteiger partial charge in [0.15, 0.2) is 0 Å². The lowest BCUT2D eigenvalue weighted by molar-refractivity contribution is 0.342. The third-order valence-corrected chi connectivity index (χ3v) is 3.48. The molecule has 0 fully saturated rings. The molecular weight excluding hydrogens is 338 g/mol. The van der Waals surface area contributed by atoms with Gasteiger partial charge in [-0.1, -0.05) is 12.1 Å². The number of hydrogen-bond acceptors (Lipinski definition) is 5. The van der Waals surface area contributed by atoms with Gasteiger partial charge in [0, 0.05) is 17.8 Å². The highest BCUT2D eigenvalue weighted by molar-refractivity contribution is 5.65. The van der Waals surface area contributed by atoms with Gasteiger partial charge in [-0.15, -0.1) is 0 Å². The van der Waals surface area contributed by atoms with Crippen molar-refractivity contribution in [2.75, 3.05) is 17.2 Å². The van der Waals surface area contributed by atoms with E-state index in [1.807, 2.05) is 31.2 Å². The van der Waals surface area contributed by atoms with E-state index in [9.17, 15) is 8.78 Å². The van der Waals surface area contributed by atoms with E-state index in [1.165, 1.54) is 12.1 Å². The molecule has 3 aromatic rings. The van der Waals surface area contributed by atoms with E-state index >= 15 is 0 Å². The number of aromatic nitrogens is 2. The zero-order chi connectivity index (χ0) is 18.5. The van der Waals surface area contributed by atoms with E-state index in [0.29, 0.717) is 23.9 Å². The zero-order valence-electron chi connectivity index (χ0n) is 14.4. The molecule has 1 aromatic heterocycles. The molecule has 0 unspecified atom stereocenters. The van der Waals surface area contributed by atoms with Crippen LogP contribution in [0.15, 0.2) is 48.5 Å². The predicted octanol–water partition coefficient (Wildman–Crippen LogP) is 4.95. The van der Waals surface area contributed by atoms with Crippen LogP contribution in [0.4, 0.5) is 31.9 Å². The molecule has 2 aromatic carbocycles. The van der Waals surface area contributed by atoms with Gasteiger partial charge in [-0.25, -0.2) is 13.8 Å². The Kier molecular flexibility index (Phi) is 5.26. The van der Waals surface area contributed by atoms with Gasteiger partial charge in [0.25, 0.3) is 0 Å². The second kappa shape index (κ2) is 7.77. The van der Waals surface area contributed by atoms with Crippen LogP contribution >= 0.6 is 0 Å². The van der Waals surface area contributed by atoms with E-state index in [2.05, 4.69) is 20.6 Å². The van der Waals surface area contributed by atoms with Crippen molar-refractivity contribution in [1.82, 2.24) is 9.97 Å². The summed E-state index contributed by atoms with van der Waals surface area (Å²) in [7, 11) is 0. The number of rotatable bonds is 6. The lowest BCUT2D eigenvalue weighted by Gasteiger charge is -2.13. The molecular formula is C19H18F2N4O. The van der Waals surface area contributed by atoms with Crippen LogP contribution in [0.2, 0.25) is 0 Å². The first-order valence-electron chi connectivity index (χ1n) is 8.12. The Hall–Kier alpha value is -3.22. The molecule has 0 amide bonds. The first kappa shape index (κ1) is 17.6. The van der Waals surface area contributed by atoms with Gasteiger partial charge in [0.05, 0.1) is 18.0 Å². The SMILES string of the molecule is CCOc1ccccc1Nc1cc(C)nc(Nc2ccc(F)cc2F)n1. The van der Waals surface area contributed by atoms with Crippen LogP contribution in [0, 0.1) is 18.6 Å². The van der Waals surface area contributed by atoms with Gasteiger partial charge in [-0.2, -0.15) is 4.98 Å². The van der Waals surface area contributed by atoms with Crippen LogP contribution in [0.5, 0.6) is 5.75 Å². The number of hydrogen-bond donors (Lipinski definition) is 2. The molecule has 3 rings (SSSR count). The van der Waals surface area contributed by atoms with Crippen LogP contribution < -0.4 is 15.4 Å². The summed E-state index contributed by atoms with van der Waals surface area (Å²) in [5, 5.41) is 5.95. The molecule has 0 aliphatic rings. The van der Waals surface area contributed by atoms with Crippen LogP contribution in [-0.4, -0.2) is 16.6 Å². The number of benzene rings is 2. The van der Waals surface area contributed by atoms with Crippen molar-refractivity contribution >= 4 is 23.1 Å². The topological polar surface area (TPSA) is 59.1 Å². The smallest absolute Gasteiger partial charge is 0.229 e. The minimum atomic E-state index is -0.716. The van der Waals surface area contributed by atoms with Crippen LogP contribution in [0.25, 0.3) is 0 Å². The average molecular weight is 356 g/mol. The highest BCUT2D eigenvalue weighted by atomic mass is 19.1. The molecule has 2 N–H and O–H groups in total. The van der Waals surface area contributed by atoms with Crippen molar-refractivity contribution in [2.45, 2.75) is 13.8 Å². The second-order valence-electron chi connectivity index (χ2n) is 5.52. The first-order valence-corrected chi connectivity index (χ1v) is 8.12. The van der Waals surface area contributed by atoms with Gasteiger partial charge < -0.3 is 15.4 Å². The number of nitrogens with zero attached hydrogens (tertiary/aromatic N) is 2. The molecule has 5 nitrogen and oxygen atoms in total. The summed E-state index contributed by atoms with van der Waals surface area (Å²) in [6.07, 6.45) is 0. The van der Waals surface area contributed by atoms with E-state index in [0.717, 1.165) is 11.8 Å². The number of para-hydroxylation sites is 2. The van der Waals surface area contributed by atoms with Gasteiger partial charge in [0.1, 0.15) is 23.2 Å². The normalized spacial score (nSPS) is 10.5. The maximum absolute atomic E-state index is 13.8. The zero-order valence-corrected chi connectivity index (χ0v) is 14.4. The van der Waals surface area contributed by atoms with Crippen LogP contribution in [-0.2, 0) is 0 Å². The minimum absolute atomic E-state index is 0.0951. The van der Waals surface area contributed by atoms with Crippen LogP contribution in [0.1, 0.15) is 12.6 Å². The van der Waals surface area contributed by atoms with Crippen LogP contribution in [0.3, 0.4) is 0 Å². The summed E-state index contributed by atoms with van der Waals surface area (Å²) in [5.41, 5.74) is 1.53. The Morgan fingerprint density at radius 1 is 0.962 bits per heavy atom. The number of aryl methyl sites for hydroxylation is 1. The fraction of sp³-hybridized carbons (Fsp3) is 0.158. The molecule has 0 radical (unpaired) electrons. The second-order valence-corrected chi connectivity index (χ2v) is 5.52. The molecule has 0 aliphatic heterocycles. The highest BCUT2D eigenvalue weighted by Gasteiger charge is 2.09. The molecule has 0 saturated heterocycles. The van der Waals surface area contributed by atoms with Gasteiger partial charge >= 0.3 is 0 Å². The summed E-state index contributed by atoms with van der Waals surface area (Å²) in [6.45, 7) is 4.25. The lowest BCUT2D eigenvalue weighted by Crippen LogP contribution is -2.04. The summed E-state index contributed by atoms with van der Waals surface area (Å²) >= 11 is 0. The van der Waals surface area contributed by atoms with E-state index in [-0.39, 0.29) is 11.6 Å². The summed E-state index contributed by atoms with van der Waals surface area (Å²) in [6, 6.07) is 12.5. The Morgan fingerprint density at radius 3 is 2.54 bits per heavy atom. The molecule has 0 bridgehead atoms. The highest BCUT2D eigenvalue weighted by Crippen LogP contribution is 2.27. The molecule has 26 heavy (non-hydrogen) atoms. The fourth-order valence-corrected chi connectivity index (χ4v) is 2.39. The molecule has 0 aliphatic carbocycles. The van der Waals surface area contributed by atoms with Crippen molar-refractivity contribution in [2.24, 2.45) is 0 Å². The third kappa shape index (κ3) is 4.24. The summed E-state index contributed by atoms with van der Waals surface area (Å²) < 4.78 is 32.5. The maximum Gasteiger partial charge on any atom is 0.229 e. The molecule has 0 spiro atoms. The molecule has 7 heteroatoms. The Balaban J connectivity index is 1.86.